The van der Waals surface area contributed by atoms with Crippen LogP contribution in [0.5, 0.6) is 0 Å². The summed E-state index contributed by atoms with van der Waals surface area (Å²) in [7, 11) is 0. The third kappa shape index (κ3) is 6.42. The summed E-state index contributed by atoms with van der Waals surface area (Å²) < 4.78 is 9.98. The van der Waals surface area contributed by atoms with E-state index in [1.807, 2.05) is 0 Å². The maximum atomic E-state index is 12.5. The predicted octanol–water partition coefficient (Wildman–Crippen LogP) is 2.87. The summed E-state index contributed by atoms with van der Waals surface area (Å²) in [5, 5.41) is 4.13. The number of hydrogen-bond donors (Lipinski definition) is 1. The van der Waals surface area contributed by atoms with E-state index in [4.69, 9.17) is 9.47 Å². The highest BCUT2D eigenvalue weighted by Crippen LogP contribution is 2.13. The molecule has 0 bridgehead atoms. The first-order chi connectivity index (χ1) is 14.1. The summed E-state index contributed by atoms with van der Waals surface area (Å²) in [5.41, 5.74) is 3.31. The molecule has 0 saturated heterocycles. The molecule has 1 amide bonds. The van der Waals surface area contributed by atoms with Gasteiger partial charge in [0, 0.05) is 17.2 Å². The maximum Gasteiger partial charge on any atom is 0.340 e. The van der Waals surface area contributed by atoms with Gasteiger partial charge in [-0.3, -0.25) is 4.79 Å². The van der Waals surface area contributed by atoms with E-state index < -0.39 is 17.8 Å². The van der Waals surface area contributed by atoms with Gasteiger partial charge in [0.1, 0.15) is 5.71 Å². The zero-order valence-corrected chi connectivity index (χ0v) is 16.3. The zero-order chi connectivity index (χ0) is 21.1. The fourth-order valence-electron chi connectivity index (χ4n) is 2.37. The number of esters is 2. The Balaban J connectivity index is 2.47. The lowest BCUT2D eigenvalue weighted by Crippen LogP contribution is -2.24. The van der Waals surface area contributed by atoms with Gasteiger partial charge in [0.05, 0.1) is 18.8 Å². The average Bonchev–Trinajstić information content (AvgIpc) is 2.74. The van der Waals surface area contributed by atoms with Crippen LogP contribution in [0.25, 0.3) is 0 Å². The highest BCUT2D eigenvalue weighted by molar-refractivity contribution is 6.28. The van der Waals surface area contributed by atoms with Gasteiger partial charge in [-0.1, -0.05) is 48.5 Å². The van der Waals surface area contributed by atoms with E-state index in [-0.39, 0.29) is 24.5 Å². The Labute approximate surface area is 169 Å². The number of nitrogens with one attached hydrogen (secondary N) is 1. The largest absolute Gasteiger partial charge is 0.463 e. The molecule has 7 heteroatoms. The van der Waals surface area contributed by atoms with Gasteiger partial charge in [-0.25, -0.2) is 15.0 Å². The number of ether oxygens (including phenoxy) is 2. The van der Waals surface area contributed by atoms with Gasteiger partial charge in [-0.15, -0.1) is 0 Å². The van der Waals surface area contributed by atoms with Gasteiger partial charge < -0.3 is 9.47 Å². The average molecular weight is 394 g/mol. The van der Waals surface area contributed by atoms with Crippen LogP contribution in [-0.4, -0.2) is 36.8 Å². The van der Waals surface area contributed by atoms with Crippen molar-refractivity contribution in [2.24, 2.45) is 5.10 Å². The van der Waals surface area contributed by atoms with Crippen molar-refractivity contribution in [3.63, 3.8) is 0 Å². The predicted molar refractivity (Wildman–Crippen MR) is 108 cm³/mol. The fourth-order valence-corrected chi connectivity index (χ4v) is 2.37. The molecule has 7 nitrogen and oxygen atoms in total. The van der Waals surface area contributed by atoms with Crippen LogP contribution in [-0.2, 0) is 19.1 Å². The number of carbonyl (C=O) groups excluding carboxylic acids is 3. The summed E-state index contributed by atoms with van der Waals surface area (Å²) in [6.07, 6.45) is 1.02. The Morgan fingerprint density at radius 3 is 1.97 bits per heavy atom. The van der Waals surface area contributed by atoms with Gasteiger partial charge in [0.15, 0.2) is 0 Å². The van der Waals surface area contributed by atoms with E-state index in [0.717, 1.165) is 6.08 Å². The molecule has 0 aromatic heterocycles. The molecule has 0 atom stereocenters. The quantitative estimate of drug-likeness (QED) is 0.322. The molecular formula is C22H22N2O5. The number of hydrazone groups is 1. The minimum atomic E-state index is -0.753. The highest BCUT2D eigenvalue weighted by atomic mass is 16.5. The van der Waals surface area contributed by atoms with Crippen LogP contribution in [0.1, 0.15) is 29.8 Å². The molecule has 0 aliphatic rings. The number of carbonyl (C=O) groups is 3. The zero-order valence-electron chi connectivity index (χ0n) is 16.3. The third-order valence-electron chi connectivity index (χ3n) is 3.65. The van der Waals surface area contributed by atoms with Gasteiger partial charge in [0.2, 0.25) is 0 Å². The van der Waals surface area contributed by atoms with Crippen molar-refractivity contribution in [3.05, 3.63) is 83.4 Å². The topological polar surface area (TPSA) is 94.1 Å². The molecule has 0 heterocycles. The van der Waals surface area contributed by atoms with E-state index in [1.54, 1.807) is 74.5 Å². The molecule has 0 spiro atoms. The third-order valence-corrected chi connectivity index (χ3v) is 3.65. The van der Waals surface area contributed by atoms with Gasteiger partial charge in [-0.2, -0.15) is 5.10 Å². The van der Waals surface area contributed by atoms with Crippen molar-refractivity contribution >= 4 is 23.6 Å². The smallest absolute Gasteiger partial charge is 0.340 e. The van der Waals surface area contributed by atoms with Crippen LogP contribution in [0.15, 0.2) is 77.4 Å². The molecule has 0 aliphatic heterocycles. The lowest BCUT2D eigenvalue weighted by Gasteiger charge is -2.11. The lowest BCUT2D eigenvalue weighted by atomic mass is 10.0. The summed E-state index contributed by atoms with van der Waals surface area (Å²) in [5.74, 6) is -1.93. The minimum Gasteiger partial charge on any atom is -0.463 e. The number of hydrogen-bond acceptors (Lipinski definition) is 6. The second-order valence-corrected chi connectivity index (χ2v) is 5.66. The SMILES string of the molecule is CCOC(=O)C=C(C(=O)OCC)C(=NNC(=O)c1ccccc1)c1ccccc1. The molecule has 150 valence electrons. The molecule has 2 aromatic rings. The molecular weight excluding hydrogens is 372 g/mol. The van der Waals surface area contributed by atoms with Crippen molar-refractivity contribution in [2.75, 3.05) is 13.2 Å². The molecule has 29 heavy (non-hydrogen) atoms. The van der Waals surface area contributed by atoms with Crippen LogP contribution in [0.4, 0.5) is 0 Å². The molecule has 0 radical (unpaired) electrons. The van der Waals surface area contributed by atoms with Crippen molar-refractivity contribution in [1.82, 2.24) is 5.43 Å². The molecule has 0 fully saturated rings. The first-order valence-corrected chi connectivity index (χ1v) is 9.11. The van der Waals surface area contributed by atoms with Crippen LogP contribution >= 0.6 is 0 Å². The second-order valence-electron chi connectivity index (χ2n) is 5.66. The van der Waals surface area contributed by atoms with Crippen LogP contribution in [0.2, 0.25) is 0 Å². The monoisotopic (exact) mass is 394 g/mol. The standard InChI is InChI=1S/C22H22N2O5/c1-3-28-19(25)15-18(22(27)29-4-2)20(16-11-7-5-8-12-16)23-24-21(26)17-13-9-6-10-14-17/h5-15H,3-4H2,1-2H3,(H,24,26). The summed E-state index contributed by atoms with van der Waals surface area (Å²) in [4.78, 5) is 36.9. The Hall–Kier alpha value is -3.74. The van der Waals surface area contributed by atoms with E-state index in [2.05, 4.69) is 10.5 Å². The number of benzene rings is 2. The van der Waals surface area contributed by atoms with E-state index in [1.165, 1.54) is 0 Å². The summed E-state index contributed by atoms with van der Waals surface area (Å²) in [6, 6.07) is 17.2. The minimum absolute atomic E-state index is 0.0846. The van der Waals surface area contributed by atoms with Crippen LogP contribution < -0.4 is 5.43 Å². The van der Waals surface area contributed by atoms with Crippen LogP contribution in [0, 0.1) is 0 Å². The molecule has 0 aliphatic carbocycles. The van der Waals surface area contributed by atoms with Gasteiger partial charge in [0.25, 0.3) is 5.91 Å². The van der Waals surface area contributed by atoms with Gasteiger partial charge in [-0.05, 0) is 26.0 Å². The summed E-state index contributed by atoms with van der Waals surface area (Å²) >= 11 is 0. The first kappa shape index (κ1) is 21.6. The van der Waals surface area contributed by atoms with E-state index in [0.29, 0.717) is 11.1 Å². The number of rotatable bonds is 8. The van der Waals surface area contributed by atoms with E-state index >= 15 is 0 Å². The van der Waals surface area contributed by atoms with Gasteiger partial charge >= 0.3 is 11.9 Å². The maximum absolute atomic E-state index is 12.5. The molecule has 0 saturated carbocycles. The summed E-state index contributed by atoms with van der Waals surface area (Å²) in [6.45, 7) is 3.56. The molecule has 0 unspecified atom stereocenters. The molecule has 2 rings (SSSR count). The van der Waals surface area contributed by atoms with Crippen molar-refractivity contribution < 1.29 is 23.9 Å². The van der Waals surface area contributed by atoms with Crippen molar-refractivity contribution in [3.8, 4) is 0 Å². The fraction of sp³-hybridized carbons (Fsp3) is 0.182. The van der Waals surface area contributed by atoms with E-state index in [9.17, 15) is 14.4 Å². The second kappa shape index (κ2) is 11.2. The Morgan fingerprint density at radius 1 is 0.862 bits per heavy atom. The number of nitrogens with zero attached hydrogens (tertiary/aromatic N) is 1. The van der Waals surface area contributed by atoms with Crippen molar-refractivity contribution in [1.29, 1.82) is 0 Å². The molecule has 2 aromatic carbocycles. The number of amides is 1. The first-order valence-electron chi connectivity index (χ1n) is 9.11. The molecule has 1 N–H and O–H groups in total. The highest BCUT2D eigenvalue weighted by Gasteiger charge is 2.22. The Morgan fingerprint density at radius 2 is 1.41 bits per heavy atom. The van der Waals surface area contributed by atoms with Crippen molar-refractivity contribution in [2.45, 2.75) is 13.8 Å². The lowest BCUT2D eigenvalue weighted by molar-refractivity contribution is -0.140. The Kier molecular flexibility index (Phi) is 8.31. The van der Waals surface area contributed by atoms with Crippen LogP contribution in [0.3, 0.4) is 0 Å². The Bertz CT molecular complexity index is 905. The normalized spacial score (nSPS) is 11.5.